The van der Waals surface area contributed by atoms with E-state index in [-0.39, 0.29) is 23.9 Å². The van der Waals surface area contributed by atoms with Gasteiger partial charge in [-0.25, -0.2) is 0 Å². The van der Waals surface area contributed by atoms with E-state index in [0.29, 0.717) is 29.8 Å². The normalized spacial score (nSPS) is 21.8. The van der Waals surface area contributed by atoms with Gasteiger partial charge in [-0.2, -0.15) is 0 Å². The fourth-order valence-electron chi connectivity index (χ4n) is 2.39. The number of hydrogen-bond acceptors (Lipinski definition) is 3. The van der Waals surface area contributed by atoms with E-state index in [1.807, 2.05) is 19.9 Å². The Morgan fingerprint density at radius 3 is 2.62 bits per heavy atom. The Balaban J connectivity index is 2.15. The highest BCUT2D eigenvalue weighted by Gasteiger charge is 2.35. The largest absolute Gasteiger partial charge is 0.379 e. The maximum Gasteiger partial charge on any atom is 0.230 e. The first-order chi connectivity index (χ1) is 9.90. The first kappa shape index (κ1) is 16.6. The van der Waals surface area contributed by atoms with Crippen LogP contribution in [0.3, 0.4) is 0 Å². The van der Waals surface area contributed by atoms with Crippen molar-refractivity contribution in [2.45, 2.75) is 32.5 Å². The molecule has 4 nitrogen and oxygen atoms in total. The standard InChI is InChI=1S/C15H20Cl2N2O2/c1-9(2)19(15(20)11-7-21-8-14(11)18)6-10-3-4-12(16)13(17)5-10/h3-5,9,11,14H,6-8,18H2,1-2H3. The van der Waals surface area contributed by atoms with Gasteiger partial charge < -0.3 is 15.4 Å². The summed E-state index contributed by atoms with van der Waals surface area (Å²) in [4.78, 5) is 14.5. The number of amides is 1. The van der Waals surface area contributed by atoms with Gasteiger partial charge in [-0.05, 0) is 31.5 Å². The summed E-state index contributed by atoms with van der Waals surface area (Å²) in [6.07, 6.45) is 0. The van der Waals surface area contributed by atoms with Gasteiger partial charge in [-0.15, -0.1) is 0 Å². The maximum absolute atomic E-state index is 12.7. The SMILES string of the molecule is CC(C)N(Cc1ccc(Cl)c(Cl)c1)C(=O)C1COCC1N. The van der Waals surface area contributed by atoms with E-state index in [4.69, 9.17) is 33.7 Å². The van der Waals surface area contributed by atoms with Gasteiger partial charge in [0.05, 0.1) is 29.2 Å². The zero-order valence-corrected chi connectivity index (χ0v) is 13.7. The van der Waals surface area contributed by atoms with E-state index in [9.17, 15) is 4.79 Å². The van der Waals surface area contributed by atoms with Crippen molar-refractivity contribution in [1.82, 2.24) is 4.90 Å². The first-order valence-corrected chi connectivity index (χ1v) is 7.73. The molecule has 2 rings (SSSR count). The van der Waals surface area contributed by atoms with Crippen LogP contribution >= 0.6 is 23.2 Å². The summed E-state index contributed by atoms with van der Waals surface area (Å²) in [5, 5.41) is 1.00. The molecule has 6 heteroatoms. The molecule has 0 aromatic heterocycles. The molecule has 0 aliphatic carbocycles. The lowest BCUT2D eigenvalue weighted by Gasteiger charge is -2.30. The number of nitrogens with two attached hydrogens (primary N) is 1. The van der Waals surface area contributed by atoms with Gasteiger partial charge in [0.25, 0.3) is 0 Å². The van der Waals surface area contributed by atoms with Crippen LogP contribution in [0.1, 0.15) is 19.4 Å². The molecule has 1 aliphatic heterocycles. The number of hydrogen-bond donors (Lipinski definition) is 1. The molecule has 21 heavy (non-hydrogen) atoms. The minimum atomic E-state index is -0.268. The molecule has 116 valence electrons. The van der Waals surface area contributed by atoms with Crippen LogP contribution in [0.5, 0.6) is 0 Å². The van der Waals surface area contributed by atoms with Gasteiger partial charge in [0.1, 0.15) is 0 Å². The fraction of sp³-hybridized carbons (Fsp3) is 0.533. The Hall–Kier alpha value is -0.810. The average Bonchev–Trinajstić information content (AvgIpc) is 2.85. The monoisotopic (exact) mass is 330 g/mol. The molecule has 2 unspecified atom stereocenters. The van der Waals surface area contributed by atoms with Crippen LogP contribution < -0.4 is 5.73 Å². The zero-order valence-electron chi connectivity index (χ0n) is 12.2. The number of ether oxygens (including phenoxy) is 1. The van der Waals surface area contributed by atoms with Crippen LogP contribution in [0.25, 0.3) is 0 Å². The van der Waals surface area contributed by atoms with E-state index < -0.39 is 0 Å². The predicted molar refractivity (Wildman–Crippen MR) is 84.4 cm³/mol. The van der Waals surface area contributed by atoms with Gasteiger partial charge in [-0.1, -0.05) is 29.3 Å². The molecule has 1 aliphatic rings. The Labute approximate surface area is 135 Å². The number of benzene rings is 1. The van der Waals surface area contributed by atoms with Crippen molar-refractivity contribution < 1.29 is 9.53 Å². The average molecular weight is 331 g/mol. The summed E-state index contributed by atoms with van der Waals surface area (Å²) in [5.41, 5.74) is 6.89. The molecule has 1 fully saturated rings. The van der Waals surface area contributed by atoms with Gasteiger partial charge in [0.15, 0.2) is 0 Å². The molecular weight excluding hydrogens is 311 g/mol. The van der Waals surface area contributed by atoms with Crippen molar-refractivity contribution in [3.63, 3.8) is 0 Å². The lowest BCUT2D eigenvalue weighted by atomic mass is 10.0. The molecule has 0 bridgehead atoms. The minimum Gasteiger partial charge on any atom is -0.379 e. The first-order valence-electron chi connectivity index (χ1n) is 6.98. The van der Waals surface area contributed by atoms with Gasteiger partial charge in [0.2, 0.25) is 5.91 Å². The van der Waals surface area contributed by atoms with Crippen LogP contribution in [-0.4, -0.2) is 36.1 Å². The molecule has 2 atom stereocenters. The van der Waals surface area contributed by atoms with Crippen molar-refractivity contribution >= 4 is 29.1 Å². The molecule has 0 spiro atoms. The summed E-state index contributed by atoms with van der Waals surface area (Å²) in [6, 6.07) is 5.25. The van der Waals surface area contributed by atoms with Crippen LogP contribution in [0, 0.1) is 5.92 Å². The second kappa shape index (κ2) is 6.97. The second-order valence-electron chi connectivity index (χ2n) is 5.62. The number of carbonyl (C=O) groups is 1. The highest BCUT2D eigenvalue weighted by molar-refractivity contribution is 6.42. The Bertz CT molecular complexity index is 522. The molecule has 2 N–H and O–H groups in total. The third-order valence-corrected chi connectivity index (χ3v) is 4.42. The third-order valence-electron chi connectivity index (χ3n) is 3.69. The van der Waals surface area contributed by atoms with E-state index >= 15 is 0 Å². The Morgan fingerprint density at radius 1 is 1.38 bits per heavy atom. The Morgan fingerprint density at radius 2 is 2.10 bits per heavy atom. The van der Waals surface area contributed by atoms with E-state index in [0.717, 1.165) is 5.56 Å². The lowest BCUT2D eigenvalue weighted by molar-refractivity contribution is -0.138. The van der Waals surface area contributed by atoms with Crippen molar-refractivity contribution in [3.8, 4) is 0 Å². The van der Waals surface area contributed by atoms with Gasteiger partial charge in [0, 0.05) is 18.6 Å². The third kappa shape index (κ3) is 3.89. The highest BCUT2D eigenvalue weighted by Crippen LogP contribution is 2.25. The molecule has 1 heterocycles. The number of halogens is 2. The summed E-state index contributed by atoms with van der Waals surface area (Å²) in [6.45, 7) is 5.28. The lowest BCUT2D eigenvalue weighted by Crippen LogP contribution is -2.46. The van der Waals surface area contributed by atoms with Crippen LogP contribution in [0.2, 0.25) is 10.0 Å². The molecule has 1 saturated heterocycles. The topological polar surface area (TPSA) is 55.6 Å². The quantitative estimate of drug-likeness (QED) is 0.923. The number of nitrogens with zero attached hydrogens (tertiary/aromatic N) is 1. The summed E-state index contributed by atoms with van der Waals surface area (Å²) in [5.74, 6) is -0.240. The summed E-state index contributed by atoms with van der Waals surface area (Å²) < 4.78 is 5.29. The van der Waals surface area contributed by atoms with Crippen molar-refractivity contribution in [2.24, 2.45) is 11.7 Å². The smallest absolute Gasteiger partial charge is 0.230 e. The van der Waals surface area contributed by atoms with Crippen molar-refractivity contribution in [3.05, 3.63) is 33.8 Å². The molecule has 1 aromatic rings. The minimum absolute atomic E-state index is 0.0288. The highest BCUT2D eigenvalue weighted by atomic mass is 35.5. The summed E-state index contributed by atoms with van der Waals surface area (Å²) in [7, 11) is 0. The van der Waals surface area contributed by atoms with Gasteiger partial charge >= 0.3 is 0 Å². The van der Waals surface area contributed by atoms with Crippen LogP contribution in [0.15, 0.2) is 18.2 Å². The van der Waals surface area contributed by atoms with Crippen LogP contribution in [-0.2, 0) is 16.1 Å². The van der Waals surface area contributed by atoms with E-state index in [1.54, 1.807) is 17.0 Å². The molecule has 1 aromatic carbocycles. The molecule has 1 amide bonds. The van der Waals surface area contributed by atoms with Crippen LogP contribution in [0.4, 0.5) is 0 Å². The fourth-order valence-corrected chi connectivity index (χ4v) is 2.71. The molecule has 0 saturated carbocycles. The number of rotatable bonds is 4. The maximum atomic E-state index is 12.7. The predicted octanol–water partition coefficient (Wildman–Crippen LogP) is 2.70. The number of carbonyl (C=O) groups excluding carboxylic acids is 1. The van der Waals surface area contributed by atoms with E-state index in [1.165, 1.54) is 0 Å². The second-order valence-corrected chi connectivity index (χ2v) is 6.43. The van der Waals surface area contributed by atoms with E-state index in [2.05, 4.69) is 0 Å². The van der Waals surface area contributed by atoms with Crippen molar-refractivity contribution in [1.29, 1.82) is 0 Å². The van der Waals surface area contributed by atoms with Crippen molar-refractivity contribution in [2.75, 3.05) is 13.2 Å². The molecule has 0 radical (unpaired) electrons. The zero-order chi connectivity index (χ0) is 15.6. The molecular formula is C15H20Cl2N2O2. The summed E-state index contributed by atoms with van der Waals surface area (Å²) >= 11 is 12.0. The Kier molecular flexibility index (Phi) is 5.49. The van der Waals surface area contributed by atoms with Gasteiger partial charge in [-0.3, -0.25) is 4.79 Å².